The van der Waals surface area contributed by atoms with Crippen molar-refractivity contribution in [3.63, 3.8) is 0 Å². The molecule has 0 amide bonds. The molecule has 27 heavy (non-hydrogen) atoms. The summed E-state index contributed by atoms with van der Waals surface area (Å²) in [6.07, 6.45) is 9.61. The molecule has 0 bridgehead atoms. The van der Waals surface area contributed by atoms with Crippen LogP contribution in [0, 0.1) is 5.92 Å². The number of aryl methyl sites for hydroxylation is 1. The van der Waals surface area contributed by atoms with Crippen LogP contribution in [0.5, 0.6) is 0 Å². The number of alkyl halides is 1. The molecular weight excluding hydrogens is 423 g/mol. The van der Waals surface area contributed by atoms with Gasteiger partial charge in [0.15, 0.2) is 0 Å². The van der Waals surface area contributed by atoms with E-state index in [9.17, 15) is 4.79 Å². The van der Waals surface area contributed by atoms with Gasteiger partial charge in [-0.3, -0.25) is 0 Å². The van der Waals surface area contributed by atoms with Gasteiger partial charge in [-0.05, 0) is 86.9 Å². The molecule has 2 aromatic rings. The Hall–Kier alpha value is -1.000. The Labute approximate surface area is 179 Å². The predicted molar refractivity (Wildman–Crippen MR) is 118 cm³/mol. The Balaban J connectivity index is 0.000000208. The first-order valence-corrected chi connectivity index (χ1v) is 10.9. The Kier molecular flexibility index (Phi) is 9.17. The molecule has 146 valence electrons. The van der Waals surface area contributed by atoms with Crippen LogP contribution in [-0.4, -0.2) is 16.5 Å². The average molecular weight is 446 g/mol. The van der Waals surface area contributed by atoms with Gasteiger partial charge in [0.2, 0.25) is 0 Å². The van der Waals surface area contributed by atoms with Crippen molar-refractivity contribution < 1.29 is 9.90 Å². The van der Waals surface area contributed by atoms with Gasteiger partial charge in [-0.15, -0.1) is 22.9 Å². The van der Waals surface area contributed by atoms with Gasteiger partial charge in [-0.1, -0.05) is 29.3 Å². The third kappa shape index (κ3) is 7.87. The molecule has 0 saturated heterocycles. The molecule has 2 nitrogen and oxygen atoms in total. The minimum absolute atomic E-state index is 0.387. The first-order valence-electron chi connectivity index (χ1n) is 8.92. The van der Waals surface area contributed by atoms with E-state index in [0.29, 0.717) is 10.3 Å². The molecule has 1 aliphatic carbocycles. The van der Waals surface area contributed by atoms with E-state index < -0.39 is 5.97 Å². The zero-order valence-corrected chi connectivity index (χ0v) is 18.2. The van der Waals surface area contributed by atoms with Crippen LogP contribution in [0.15, 0.2) is 36.4 Å². The van der Waals surface area contributed by atoms with Crippen LogP contribution < -0.4 is 0 Å². The first kappa shape index (κ1) is 22.3. The smallest absolute Gasteiger partial charge is 0.345 e. The molecule has 3 rings (SSSR count). The van der Waals surface area contributed by atoms with E-state index in [4.69, 9.17) is 39.9 Å². The number of carboxylic acid groups (broad SMARTS) is 1. The normalized spacial score (nSPS) is 19.1. The number of carboxylic acids is 1. The van der Waals surface area contributed by atoms with Gasteiger partial charge in [-0.25, -0.2) is 4.79 Å². The van der Waals surface area contributed by atoms with Crippen molar-refractivity contribution in [2.24, 2.45) is 5.92 Å². The van der Waals surface area contributed by atoms with Gasteiger partial charge in [0, 0.05) is 20.3 Å². The molecule has 0 spiro atoms. The van der Waals surface area contributed by atoms with E-state index in [1.165, 1.54) is 36.2 Å². The third-order valence-corrected chi connectivity index (χ3v) is 6.28. The largest absolute Gasteiger partial charge is 0.477 e. The SMILES string of the molecule is C/C=C/c1ccc(C(=O)O)s1.Clc1cc(Cl)cc(CC[C@H]2CC[C@@H](Cl)C2)c1. The van der Waals surface area contributed by atoms with E-state index in [1.807, 2.05) is 31.2 Å². The van der Waals surface area contributed by atoms with Crippen LogP contribution in [0.3, 0.4) is 0 Å². The summed E-state index contributed by atoms with van der Waals surface area (Å²) in [4.78, 5) is 11.8. The highest BCUT2D eigenvalue weighted by Crippen LogP contribution is 2.33. The van der Waals surface area contributed by atoms with Crippen LogP contribution in [0.25, 0.3) is 6.08 Å². The molecule has 0 radical (unpaired) electrons. The highest BCUT2D eigenvalue weighted by molar-refractivity contribution is 7.14. The minimum atomic E-state index is -0.856. The lowest BCUT2D eigenvalue weighted by Crippen LogP contribution is -1.98. The fourth-order valence-corrected chi connectivity index (χ4v) is 4.89. The van der Waals surface area contributed by atoms with Gasteiger partial charge < -0.3 is 5.11 Å². The van der Waals surface area contributed by atoms with E-state index >= 15 is 0 Å². The minimum Gasteiger partial charge on any atom is -0.477 e. The zero-order valence-electron chi connectivity index (χ0n) is 15.1. The Morgan fingerprint density at radius 1 is 1.22 bits per heavy atom. The Morgan fingerprint density at radius 3 is 2.44 bits per heavy atom. The lowest BCUT2D eigenvalue weighted by molar-refractivity contribution is 0.0702. The Morgan fingerprint density at radius 2 is 1.93 bits per heavy atom. The summed E-state index contributed by atoms with van der Waals surface area (Å²) in [7, 11) is 0. The number of carbonyl (C=O) groups is 1. The highest BCUT2D eigenvalue weighted by atomic mass is 35.5. The van der Waals surface area contributed by atoms with Crippen molar-refractivity contribution >= 4 is 58.2 Å². The monoisotopic (exact) mass is 444 g/mol. The van der Waals surface area contributed by atoms with Gasteiger partial charge in [-0.2, -0.15) is 0 Å². The number of hydrogen-bond donors (Lipinski definition) is 1. The average Bonchev–Trinajstić information content (AvgIpc) is 3.22. The molecule has 1 heterocycles. The van der Waals surface area contributed by atoms with Crippen LogP contribution in [0.1, 0.15) is 52.7 Å². The van der Waals surface area contributed by atoms with Gasteiger partial charge in [0.05, 0.1) is 0 Å². The molecule has 1 aliphatic rings. The molecule has 2 atom stereocenters. The number of thiophene rings is 1. The maximum atomic E-state index is 10.4. The predicted octanol–water partition coefficient (Wildman–Crippen LogP) is 7.81. The van der Waals surface area contributed by atoms with Gasteiger partial charge in [0.1, 0.15) is 4.88 Å². The topological polar surface area (TPSA) is 37.3 Å². The summed E-state index contributed by atoms with van der Waals surface area (Å²) < 4.78 is 0. The molecule has 1 N–H and O–H groups in total. The third-order valence-electron chi connectivity index (χ3n) is 4.41. The molecule has 0 unspecified atom stereocenters. The number of aromatic carboxylic acids is 1. The second kappa shape index (κ2) is 11.1. The fraction of sp³-hybridized carbons (Fsp3) is 0.381. The van der Waals surface area contributed by atoms with Crippen LogP contribution in [0.2, 0.25) is 10.0 Å². The number of halogens is 3. The van der Waals surface area contributed by atoms with Crippen molar-refractivity contribution in [3.8, 4) is 0 Å². The number of hydrogen-bond acceptors (Lipinski definition) is 2. The summed E-state index contributed by atoms with van der Waals surface area (Å²) in [5, 5.41) is 10.4. The van der Waals surface area contributed by atoms with Crippen molar-refractivity contribution in [2.75, 3.05) is 0 Å². The van der Waals surface area contributed by atoms with E-state index in [-0.39, 0.29) is 0 Å². The fourth-order valence-electron chi connectivity index (χ4n) is 3.12. The van der Waals surface area contributed by atoms with Gasteiger partial charge in [0.25, 0.3) is 0 Å². The second-order valence-electron chi connectivity index (χ2n) is 6.60. The lowest BCUT2D eigenvalue weighted by Gasteiger charge is -2.09. The number of rotatable bonds is 5. The number of benzene rings is 1. The quantitative estimate of drug-likeness (QED) is 0.476. The van der Waals surface area contributed by atoms with E-state index in [1.54, 1.807) is 18.2 Å². The maximum Gasteiger partial charge on any atom is 0.345 e. The second-order valence-corrected chi connectivity index (χ2v) is 9.21. The lowest BCUT2D eigenvalue weighted by atomic mass is 9.98. The van der Waals surface area contributed by atoms with Crippen LogP contribution >= 0.6 is 46.1 Å². The standard InChI is InChI=1S/C13H15Cl3.C8H8O2S/c14-11-4-3-9(5-11)1-2-10-6-12(15)8-13(16)7-10;1-2-3-6-4-5-7(11-6)8(9)10/h6-9,11H,1-5H2;2-5H,1H3,(H,9,10)/b;3-2+/t9-,11+;/m0./s1. The molecule has 1 aromatic carbocycles. The summed E-state index contributed by atoms with van der Waals surface area (Å²) in [6.45, 7) is 1.90. The van der Waals surface area contributed by atoms with Crippen molar-refractivity contribution in [3.05, 3.63) is 61.8 Å². The van der Waals surface area contributed by atoms with Crippen molar-refractivity contribution in [1.82, 2.24) is 0 Å². The summed E-state index contributed by atoms with van der Waals surface area (Å²) in [5.41, 5.74) is 1.23. The highest BCUT2D eigenvalue weighted by Gasteiger charge is 2.22. The van der Waals surface area contributed by atoms with Crippen LogP contribution in [-0.2, 0) is 6.42 Å². The summed E-state index contributed by atoms with van der Waals surface area (Å²) >= 11 is 19.3. The molecule has 0 aliphatic heterocycles. The van der Waals surface area contributed by atoms with E-state index in [0.717, 1.165) is 33.7 Å². The van der Waals surface area contributed by atoms with Crippen LogP contribution in [0.4, 0.5) is 0 Å². The molecule has 6 heteroatoms. The maximum absolute atomic E-state index is 10.4. The summed E-state index contributed by atoms with van der Waals surface area (Å²) in [6, 6.07) is 9.19. The van der Waals surface area contributed by atoms with Crippen molar-refractivity contribution in [1.29, 1.82) is 0 Å². The van der Waals surface area contributed by atoms with Crippen molar-refractivity contribution in [2.45, 2.75) is 44.4 Å². The number of allylic oxidation sites excluding steroid dienone is 1. The zero-order chi connectivity index (χ0) is 19.8. The molecule has 1 saturated carbocycles. The molecule has 1 aromatic heterocycles. The Bertz CT molecular complexity index is 765. The van der Waals surface area contributed by atoms with Gasteiger partial charge >= 0.3 is 5.97 Å². The molecular formula is C21H23Cl3O2S. The first-order chi connectivity index (χ1) is 12.9. The molecule has 1 fully saturated rings. The summed E-state index contributed by atoms with van der Waals surface area (Å²) in [5.74, 6) is -0.0778. The van der Waals surface area contributed by atoms with E-state index in [2.05, 4.69) is 0 Å².